The van der Waals surface area contributed by atoms with Gasteiger partial charge in [0.2, 0.25) is 6.79 Å². The van der Waals surface area contributed by atoms with Crippen molar-refractivity contribution in [1.82, 2.24) is 5.32 Å². The number of aliphatic hydroxyl groups is 2. The molecule has 1 aliphatic carbocycles. The van der Waals surface area contributed by atoms with Crippen LogP contribution in [0.5, 0.6) is 11.5 Å². The maximum atomic E-state index is 12.0. The molecule has 0 bridgehead atoms. The third-order valence-electron chi connectivity index (χ3n) is 5.21. The summed E-state index contributed by atoms with van der Waals surface area (Å²) in [5.41, 5.74) is 0.666. The minimum Gasteiger partial charge on any atom is -0.454 e. The van der Waals surface area contributed by atoms with E-state index < -0.39 is 48.3 Å². The van der Waals surface area contributed by atoms with E-state index in [1.807, 2.05) is 0 Å². The second-order valence-electron chi connectivity index (χ2n) is 7.35. The number of carbonyl (C=O) groups is 1. The van der Waals surface area contributed by atoms with Crippen LogP contribution in [0, 0.1) is 0 Å². The molecule has 3 aliphatic rings. The summed E-state index contributed by atoms with van der Waals surface area (Å²) < 4.78 is 27.2. The monoisotopic (exact) mass is 381 g/mol. The average Bonchev–Trinajstić information content (AvgIpc) is 3.22. The Morgan fingerprint density at radius 1 is 1.15 bits per heavy atom. The number of hydrogen-bond acceptors (Lipinski definition) is 8. The molecule has 0 aromatic heterocycles. The first kappa shape index (κ1) is 18.3. The first-order chi connectivity index (χ1) is 12.8. The molecule has 3 N–H and O–H groups in total. The summed E-state index contributed by atoms with van der Waals surface area (Å²) in [5.74, 6) is -0.499. The standard InChI is InChI=1S/C18H23NO8/c1-18(2)26-15-12(19-17(22)23-3)11(13(20)14(21)16(15)27-18)8-4-5-9-10(6-8)25-7-24-9/h4-6,11-16,20-21H,7H2,1-3H3,(H,19,22)/t11-,12-,13+,14+,15+,16-/m1/s1. The first-order valence-corrected chi connectivity index (χ1v) is 8.76. The van der Waals surface area contributed by atoms with Crippen LogP contribution in [0.2, 0.25) is 0 Å². The molecule has 27 heavy (non-hydrogen) atoms. The summed E-state index contributed by atoms with van der Waals surface area (Å²) >= 11 is 0. The second kappa shape index (κ2) is 6.52. The molecule has 1 saturated carbocycles. The number of nitrogens with one attached hydrogen (secondary N) is 1. The van der Waals surface area contributed by atoms with Gasteiger partial charge in [0.1, 0.15) is 18.3 Å². The number of carbonyl (C=O) groups excluding carboxylic acids is 1. The van der Waals surface area contributed by atoms with E-state index in [0.717, 1.165) is 0 Å². The van der Waals surface area contributed by atoms with Gasteiger partial charge in [-0.2, -0.15) is 0 Å². The van der Waals surface area contributed by atoms with Crippen LogP contribution in [-0.4, -0.2) is 66.5 Å². The fourth-order valence-corrected chi connectivity index (χ4v) is 4.07. The molecule has 1 aromatic rings. The Bertz CT molecular complexity index is 738. The fourth-order valence-electron chi connectivity index (χ4n) is 4.07. The molecular weight excluding hydrogens is 358 g/mol. The second-order valence-corrected chi connectivity index (χ2v) is 7.35. The van der Waals surface area contributed by atoms with Crippen LogP contribution in [0.15, 0.2) is 18.2 Å². The highest BCUT2D eigenvalue weighted by molar-refractivity contribution is 5.68. The van der Waals surface area contributed by atoms with Crippen molar-refractivity contribution < 1.29 is 38.7 Å². The third kappa shape index (κ3) is 3.10. The number of hydrogen-bond donors (Lipinski definition) is 3. The summed E-state index contributed by atoms with van der Waals surface area (Å²) in [5, 5.41) is 24.3. The van der Waals surface area contributed by atoms with Gasteiger partial charge >= 0.3 is 6.09 Å². The van der Waals surface area contributed by atoms with Crippen molar-refractivity contribution in [2.45, 2.75) is 56.0 Å². The van der Waals surface area contributed by atoms with E-state index in [9.17, 15) is 15.0 Å². The zero-order valence-corrected chi connectivity index (χ0v) is 15.2. The topological polar surface area (TPSA) is 116 Å². The zero-order valence-electron chi connectivity index (χ0n) is 15.2. The Morgan fingerprint density at radius 3 is 2.59 bits per heavy atom. The third-order valence-corrected chi connectivity index (χ3v) is 5.21. The lowest BCUT2D eigenvalue weighted by molar-refractivity contribution is -0.159. The van der Waals surface area contributed by atoms with E-state index in [4.69, 9.17) is 23.7 Å². The maximum absolute atomic E-state index is 12.0. The number of fused-ring (bicyclic) bond motifs is 2. The number of alkyl carbamates (subject to hydrolysis) is 1. The van der Waals surface area contributed by atoms with Crippen LogP contribution in [0.25, 0.3) is 0 Å². The van der Waals surface area contributed by atoms with Gasteiger partial charge in [-0.3, -0.25) is 0 Å². The van der Waals surface area contributed by atoms with Crippen LogP contribution in [0.3, 0.4) is 0 Å². The predicted octanol–water partition coefficient (Wildman–Crippen LogP) is 0.479. The fraction of sp³-hybridized carbons (Fsp3) is 0.611. The summed E-state index contributed by atoms with van der Waals surface area (Å²) in [6.07, 6.45) is -4.52. The number of ether oxygens (including phenoxy) is 5. The number of rotatable bonds is 2. The number of amides is 1. The van der Waals surface area contributed by atoms with Crippen molar-refractivity contribution in [2.75, 3.05) is 13.9 Å². The van der Waals surface area contributed by atoms with Crippen LogP contribution < -0.4 is 14.8 Å². The largest absolute Gasteiger partial charge is 0.454 e. The average molecular weight is 381 g/mol. The Labute approximate surface area is 156 Å². The normalized spacial score (nSPS) is 36.2. The lowest BCUT2D eigenvalue weighted by atomic mass is 9.73. The van der Waals surface area contributed by atoms with Gasteiger partial charge < -0.3 is 39.2 Å². The van der Waals surface area contributed by atoms with Crippen LogP contribution in [-0.2, 0) is 14.2 Å². The van der Waals surface area contributed by atoms with Crippen molar-refractivity contribution in [3.63, 3.8) is 0 Å². The Morgan fingerprint density at radius 2 is 1.85 bits per heavy atom. The lowest BCUT2D eigenvalue weighted by Gasteiger charge is -2.44. The smallest absolute Gasteiger partial charge is 0.407 e. The van der Waals surface area contributed by atoms with Crippen LogP contribution in [0.1, 0.15) is 25.3 Å². The summed E-state index contributed by atoms with van der Waals surface area (Å²) in [6.45, 7) is 3.55. The number of methoxy groups -OCH3 is 1. The first-order valence-electron chi connectivity index (χ1n) is 8.76. The van der Waals surface area contributed by atoms with Gasteiger partial charge in [0.15, 0.2) is 17.3 Å². The molecule has 1 amide bonds. The highest BCUT2D eigenvalue weighted by atomic mass is 16.8. The van der Waals surface area contributed by atoms with E-state index >= 15 is 0 Å². The minimum atomic E-state index is -1.20. The van der Waals surface area contributed by atoms with Gasteiger partial charge in [0, 0.05) is 5.92 Å². The Balaban J connectivity index is 1.73. The molecule has 2 fully saturated rings. The van der Waals surface area contributed by atoms with Gasteiger partial charge in [-0.1, -0.05) is 6.07 Å². The SMILES string of the molecule is COC(=O)N[C@H]1[C@@H]2OC(C)(C)O[C@@H]2[C@@H](O)[C@@H](O)[C@@H]1c1ccc2c(c1)OCO2. The zero-order chi connectivity index (χ0) is 19.3. The summed E-state index contributed by atoms with van der Waals surface area (Å²) in [4.78, 5) is 12.0. The molecule has 4 rings (SSSR count). The van der Waals surface area contributed by atoms with Crippen LogP contribution in [0.4, 0.5) is 4.79 Å². The van der Waals surface area contributed by atoms with Crippen molar-refractivity contribution in [1.29, 1.82) is 0 Å². The number of benzene rings is 1. The summed E-state index contributed by atoms with van der Waals surface area (Å²) in [7, 11) is 1.26. The predicted molar refractivity (Wildman–Crippen MR) is 90.5 cm³/mol. The van der Waals surface area contributed by atoms with E-state index in [1.165, 1.54) is 7.11 Å². The molecule has 2 aliphatic heterocycles. The van der Waals surface area contributed by atoms with Crippen molar-refractivity contribution in [3.8, 4) is 11.5 Å². The van der Waals surface area contributed by atoms with Gasteiger partial charge in [-0.05, 0) is 31.5 Å². The molecule has 2 heterocycles. The maximum Gasteiger partial charge on any atom is 0.407 e. The highest BCUT2D eigenvalue weighted by Gasteiger charge is 2.58. The van der Waals surface area contributed by atoms with Gasteiger partial charge in [-0.15, -0.1) is 0 Å². The summed E-state index contributed by atoms with van der Waals surface area (Å²) in [6, 6.07) is 4.54. The van der Waals surface area contributed by atoms with E-state index in [2.05, 4.69) is 5.32 Å². The molecule has 0 spiro atoms. The molecule has 148 valence electrons. The minimum absolute atomic E-state index is 0.119. The van der Waals surface area contributed by atoms with Gasteiger partial charge in [0.05, 0.1) is 19.3 Å². The highest BCUT2D eigenvalue weighted by Crippen LogP contribution is 2.45. The molecule has 9 nitrogen and oxygen atoms in total. The Hall–Kier alpha value is -2.07. The van der Waals surface area contributed by atoms with Crippen molar-refractivity contribution in [2.24, 2.45) is 0 Å². The molecular formula is C18H23NO8. The van der Waals surface area contributed by atoms with Crippen molar-refractivity contribution in [3.05, 3.63) is 23.8 Å². The quantitative estimate of drug-likeness (QED) is 0.678. The van der Waals surface area contributed by atoms with E-state index in [0.29, 0.717) is 17.1 Å². The molecule has 6 atom stereocenters. The van der Waals surface area contributed by atoms with Gasteiger partial charge in [-0.25, -0.2) is 4.79 Å². The van der Waals surface area contributed by atoms with E-state index in [1.54, 1.807) is 32.0 Å². The van der Waals surface area contributed by atoms with Gasteiger partial charge in [0.25, 0.3) is 0 Å². The number of aliphatic hydroxyl groups excluding tert-OH is 2. The molecule has 1 saturated heterocycles. The Kier molecular flexibility index (Phi) is 4.42. The van der Waals surface area contributed by atoms with Crippen molar-refractivity contribution >= 4 is 6.09 Å². The molecule has 9 heteroatoms. The molecule has 0 radical (unpaired) electrons. The molecule has 1 aromatic carbocycles. The van der Waals surface area contributed by atoms with Crippen LogP contribution >= 0.6 is 0 Å². The lowest BCUT2D eigenvalue weighted by Crippen LogP contribution is -2.63. The van der Waals surface area contributed by atoms with E-state index in [-0.39, 0.29) is 6.79 Å². The molecule has 0 unspecified atom stereocenters.